The second-order valence-electron chi connectivity index (χ2n) is 7.36. The van der Waals surface area contributed by atoms with Crippen LogP contribution in [0.2, 0.25) is 0 Å². The largest absolute Gasteiger partial charge is 0.454 e. The Bertz CT molecular complexity index is 1280. The number of amides is 1. The lowest BCUT2D eigenvalue weighted by Crippen LogP contribution is -2.43. The zero-order valence-corrected chi connectivity index (χ0v) is 16.4. The third-order valence-corrected chi connectivity index (χ3v) is 5.50. The van der Waals surface area contributed by atoms with Gasteiger partial charge in [0.2, 0.25) is 6.79 Å². The van der Waals surface area contributed by atoms with Crippen LogP contribution in [0.3, 0.4) is 0 Å². The summed E-state index contributed by atoms with van der Waals surface area (Å²) in [5, 5.41) is 8.03. The molecule has 0 aliphatic carbocycles. The van der Waals surface area contributed by atoms with Crippen LogP contribution in [0.4, 0.5) is 11.4 Å². The van der Waals surface area contributed by atoms with E-state index in [-0.39, 0.29) is 12.7 Å². The van der Waals surface area contributed by atoms with Gasteiger partial charge in [0.05, 0.1) is 23.1 Å². The van der Waals surface area contributed by atoms with Gasteiger partial charge in [0, 0.05) is 23.5 Å². The highest BCUT2D eigenvalue weighted by molar-refractivity contribution is 6.12. The number of carbonyl (C=O) groups is 1. The molecule has 0 spiro atoms. The standard InChI is InChI=1S/C24H18N4O3/c29-24-19-8-4-5-9-20(19)26-23(16-13-25-27(14-16)17-6-2-1-3-7-17)28(24)18-10-11-21-22(12-18)31-15-30-21/h1-14,23,26H,15H2/t23-/m1/s1. The first-order valence-corrected chi connectivity index (χ1v) is 9.97. The zero-order chi connectivity index (χ0) is 20.8. The molecule has 3 aromatic carbocycles. The van der Waals surface area contributed by atoms with Crippen LogP contribution in [0.1, 0.15) is 22.1 Å². The lowest BCUT2D eigenvalue weighted by atomic mass is 10.0. The third-order valence-electron chi connectivity index (χ3n) is 5.50. The topological polar surface area (TPSA) is 68.6 Å². The van der Waals surface area contributed by atoms with Crippen LogP contribution in [0.15, 0.2) is 85.2 Å². The Balaban J connectivity index is 1.46. The van der Waals surface area contributed by atoms with Crippen LogP contribution in [-0.4, -0.2) is 22.5 Å². The molecular weight excluding hydrogens is 392 g/mol. The molecule has 2 aliphatic rings. The fraction of sp³-hybridized carbons (Fsp3) is 0.0833. The number of aromatic nitrogens is 2. The quantitative estimate of drug-likeness (QED) is 0.543. The molecule has 1 N–H and O–H groups in total. The van der Waals surface area contributed by atoms with E-state index in [1.54, 1.807) is 15.8 Å². The Kier molecular flexibility index (Phi) is 3.92. The molecular formula is C24H18N4O3. The Morgan fingerprint density at radius 1 is 0.903 bits per heavy atom. The minimum Gasteiger partial charge on any atom is -0.454 e. The molecule has 0 saturated carbocycles. The minimum absolute atomic E-state index is 0.0920. The molecule has 0 saturated heterocycles. The number of hydrogen-bond acceptors (Lipinski definition) is 5. The lowest BCUT2D eigenvalue weighted by molar-refractivity contribution is 0.0975. The molecule has 152 valence electrons. The number of hydrogen-bond donors (Lipinski definition) is 1. The van der Waals surface area contributed by atoms with Crippen molar-refractivity contribution in [3.63, 3.8) is 0 Å². The van der Waals surface area contributed by atoms with Crippen molar-refractivity contribution >= 4 is 17.3 Å². The maximum absolute atomic E-state index is 13.6. The summed E-state index contributed by atoms with van der Waals surface area (Å²) in [5.74, 6) is 1.21. The summed E-state index contributed by atoms with van der Waals surface area (Å²) in [5.41, 5.74) is 3.94. The maximum atomic E-state index is 13.6. The fourth-order valence-electron chi connectivity index (χ4n) is 3.99. The van der Waals surface area contributed by atoms with E-state index in [9.17, 15) is 4.79 Å². The second-order valence-corrected chi connectivity index (χ2v) is 7.36. The van der Waals surface area contributed by atoms with Crippen molar-refractivity contribution in [2.75, 3.05) is 17.0 Å². The van der Waals surface area contributed by atoms with Gasteiger partial charge in [-0.2, -0.15) is 5.10 Å². The molecule has 1 amide bonds. The number of benzene rings is 3. The summed E-state index contributed by atoms with van der Waals surface area (Å²) in [6, 6.07) is 22.9. The normalized spacial score (nSPS) is 16.7. The molecule has 4 aromatic rings. The van der Waals surface area contributed by atoms with Gasteiger partial charge < -0.3 is 14.8 Å². The van der Waals surface area contributed by atoms with Crippen molar-refractivity contribution in [2.24, 2.45) is 0 Å². The number of anilines is 2. The lowest BCUT2D eigenvalue weighted by Gasteiger charge is -2.37. The van der Waals surface area contributed by atoms with Crippen LogP contribution in [0.25, 0.3) is 5.69 Å². The molecule has 0 fully saturated rings. The predicted octanol–water partition coefficient (Wildman–Crippen LogP) is 4.37. The highest BCUT2D eigenvalue weighted by Gasteiger charge is 2.35. The minimum atomic E-state index is -0.430. The summed E-state index contributed by atoms with van der Waals surface area (Å²) in [6.45, 7) is 0.182. The van der Waals surface area contributed by atoms with Gasteiger partial charge in [0.1, 0.15) is 6.17 Å². The summed E-state index contributed by atoms with van der Waals surface area (Å²) >= 11 is 0. The maximum Gasteiger partial charge on any atom is 0.262 e. The number of para-hydroxylation sites is 2. The van der Waals surface area contributed by atoms with E-state index in [0.29, 0.717) is 22.7 Å². The average Bonchev–Trinajstić information content (AvgIpc) is 3.49. The molecule has 6 rings (SSSR count). The van der Waals surface area contributed by atoms with Gasteiger partial charge in [0.15, 0.2) is 11.5 Å². The van der Waals surface area contributed by atoms with E-state index in [1.807, 2.05) is 79.0 Å². The molecule has 2 aliphatic heterocycles. The molecule has 3 heterocycles. The number of fused-ring (bicyclic) bond motifs is 2. The number of nitrogens with one attached hydrogen (secondary N) is 1. The molecule has 7 nitrogen and oxygen atoms in total. The second kappa shape index (κ2) is 6.91. The Morgan fingerprint density at radius 3 is 2.61 bits per heavy atom. The first kappa shape index (κ1) is 17.6. The van der Waals surface area contributed by atoms with Crippen LogP contribution in [0.5, 0.6) is 11.5 Å². The van der Waals surface area contributed by atoms with Crippen LogP contribution in [0, 0.1) is 0 Å². The van der Waals surface area contributed by atoms with Gasteiger partial charge in [-0.15, -0.1) is 0 Å². The zero-order valence-electron chi connectivity index (χ0n) is 16.4. The van der Waals surface area contributed by atoms with Crippen molar-refractivity contribution in [3.8, 4) is 17.2 Å². The molecule has 0 bridgehead atoms. The van der Waals surface area contributed by atoms with Crippen molar-refractivity contribution in [1.29, 1.82) is 0 Å². The van der Waals surface area contributed by atoms with Crippen molar-refractivity contribution in [1.82, 2.24) is 9.78 Å². The van der Waals surface area contributed by atoms with E-state index in [2.05, 4.69) is 10.4 Å². The van der Waals surface area contributed by atoms with E-state index in [4.69, 9.17) is 9.47 Å². The fourth-order valence-corrected chi connectivity index (χ4v) is 3.99. The summed E-state index contributed by atoms with van der Waals surface area (Å²) in [6.07, 6.45) is 3.29. The van der Waals surface area contributed by atoms with Crippen molar-refractivity contribution in [2.45, 2.75) is 6.17 Å². The smallest absolute Gasteiger partial charge is 0.262 e. The van der Waals surface area contributed by atoms with Gasteiger partial charge in [0.25, 0.3) is 5.91 Å². The first-order valence-electron chi connectivity index (χ1n) is 9.97. The van der Waals surface area contributed by atoms with Crippen molar-refractivity contribution < 1.29 is 14.3 Å². The molecule has 7 heteroatoms. The van der Waals surface area contributed by atoms with Crippen LogP contribution in [-0.2, 0) is 0 Å². The number of ether oxygens (including phenoxy) is 2. The molecule has 0 unspecified atom stereocenters. The molecule has 31 heavy (non-hydrogen) atoms. The van der Waals surface area contributed by atoms with Crippen LogP contribution < -0.4 is 19.7 Å². The molecule has 1 atom stereocenters. The number of nitrogens with zero attached hydrogens (tertiary/aromatic N) is 3. The monoisotopic (exact) mass is 410 g/mol. The summed E-state index contributed by atoms with van der Waals surface area (Å²) in [7, 11) is 0. The average molecular weight is 410 g/mol. The summed E-state index contributed by atoms with van der Waals surface area (Å²) < 4.78 is 12.8. The first-order chi connectivity index (χ1) is 15.3. The van der Waals surface area contributed by atoms with E-state index in [1.165, 1.54) is 0 Å². The highest BCUT2D eigenvalue weighted by atomic mass is 16.7. The molecule has 0 radical (unpaired) electrons. The van der Waals surface area contributed by atoms with Gasteiger partial charge in [-0.3, -0.25) is 9.69 Å². The Hall–Kier alpha value is -4.26. The van der Waals surface area contributed by atoms with Crippen LogP contribution >= 0.6 is 0 Å². The van der Waals surface area contributed by atoms with Gasteiger partial charge in [-0.25, -0.2) is 4.68 Å². The predicted molar refractivity (Wildman–Crippen MR) is 116 cm³/mol. The summed E-state index contributed by atoms with van der Waals surface area (Å²) in [4.78, 5) is 15.3. The third kappa shape index (κ3) is 2.90. The van der Waals surface area contributed by atoms with E-state index < -0.39 is 6.17 Å². The number of carbonyl (C=O) groups excluding carboxylic acids is 1. The Morgan fingerprint density at radius 2 is 1.71 bits per heavy atom. The van der Waals surface area contributed by atoms with Gasteiger partial charge in [-0.1, -0.05) is 30.3 Å². The van der Waals surface area contributed by atoms with Gasteiger partial charge in [-0.05, 0) is 36.4 Å². The number of rotatable bonds is 3. The highest BCUT2D eigenvalue weighted by Crippen LogP contribution is 2.41. The van der Waals surface area contributed by atoms with E-state index >= 15 is 0 Å². The SMILES string of the molecule is O=C1c2ccccc2N[C@@H](c2cnn(-c3ccccc3)c2)N1c1ccc2c(c1)OCO2. The van der Waals surface area contributed by atoms with E-state index in [0.717, 1.165) is 16.9 Å². The Labute approximate surface area is 178 Å². The van der Waals surface area contributed by atoms with Crippen molar-refractivity contribution in [3.05, 3.63) is 96.3 Å². The van der Waals surface area contributed by atoms with Gasteiger partial charge >= 0.3 is 0 Å². The molecule has 1 aromatic heterocycles.